The molecule has 1 N–H and O–H groups in total. The third kappa shape index (κ3) is 3.04. The van der Waals surface area contributed by atoms with Crippen LogP contribution in [-0.4, -0.2) is 21.1 Å². The molecule has 0 amide bonds. The summed E-state index contributed by atoms with van der Waals surface area (Å²) in [6.07, 6.45) is 4.09. The van der Waals surface area contributed by atoms with Gasteiger partial charge in [-0.2, -0.15) is 5.10 Å². The summed E-state index contributed by atoms with van der Waals surface area (Å²) in [5.41, 5.74) is 1.75. The van der Waals surface area contributed by atoms with Crippen LogP contribution in [0.2, 0.25) is 0 Å². The minimum atomic E-state index is -0.660. The van der Waals surface area contributed by atoms with Crippen LogP contribution in [0.1, 0.15) is 30.7 Å². The SMILES string of the molecule is CCCn1ncc(Br)c1C(O)c1ccccc1SC. The third-order valence-corrected chi connectivity index (χ3v) is 4.38. The van der Waals surface area contributed by atoms with Crippen molar-refractivity contribution in [2.45, 2.75) is 30.9 Å². The number of aryl methyl sites for hydroxylation is 1. The summed E-state index contributed by atoms with van der Waals surface area (Å²) in [5.74, 6) is 0. The molecular weight excluding hydrogens is 324 g/mol. The molecule has 102 valence electrons. The van der Waals surface area contributed by atoms with Gasteiger partial charge in [0.2, 0.25) is 0 Å². The monoisotopic (exact) mass is 340 g/mol. The fraction of sp³-hybridized carbons (Fsp3) is 0.357. The Hall–Kier alpha value is -0.780. The lowest BCUT2D eigenvalue weighted by atomic mass is 10.1. The number of thioether (sulfide) groups is 1. The Labute approximate surface area is 126 Å². The van der Waals surface area contributed by atoms with Crippen molar-refractivity contribution in [2.24, 2.45) is 0 Å². The van der Waals surface area contributed by atoms with Crippen molar-refractivity contribution in [3.63, 3.8) is 0 Å². The molecule has 1 unspecified atom stereocenters. The number of hydrogen-bond donors (Lipinski definition) is 1. The van der Waals surface area contributed by atoms with E-state index in [1.807, 2.05) is 35.2 Å². The van der Waals surface area contributed by atoms with Crippen molar-refractivity contribution in [1.82, 2.24) is 9.78 Å². The topological polar surface area (TPSA) is 38.0 Å². The van der Waals surface area contributed by atoms with Gasteiger partial charge in [-0.3, -0.25) is 4.68 Å². The van der Waals surface area contributed by atoms with E-state index in [1.54, 1.807) is 18.0 Å². The highest BCUT2D eigenvalue weighted by atomic mass is 79.9. The molecule has 0 saturated carbocycles. The summed E-state index contributed by atoms with van der Waals surface area (Å²) in [4.78, 5) is 1.09. The van der Waals surface area contributed by atoms with Crippen LogP contribution in [0.15, 0.2) is 39.8 Å². The number of aliphatic hydroxyl groups is 1. The Bertz CT molecular complexity index is 556. The van der Waals surface area contributed by atoms with E-state index in [0.29, 0.717) is 0 Å². The molecule has 0 aliphatic carbocycles. The van der Waals surface area contributed by atoms with Crippen LogP contribution in [0.3, 0.4) is 0 Å². The fourth-order valence-corrected chi connectivity index (χ4v) is 3.22. The first-order chi connectivity index (χ1) is 9.19. The normalized spacial score (nSPS) is 12.6. The lowest BCUT2D eigenvalue weighted by Crippen LogP contribution is -2.11. The summed E-state index contributed by atoms with van der Waals surface area (Å²) < 4.78 is 2.72. The van der Waals surface area contributed by atoms with E-state index in [1.165, 1.54) is 0 Å². The maximum Gasteiger partial charge on any atom is 0.123 e. The standard InChI is InChI=1S/C14H17BrN2OS/c1-3-8-17-13(11(15)9-16-17)14(18)10-6-4-5-7-12(10)19-2/h4-7,9,14,18H,3,8H2,1-2H3. The molecule has 1 heterocycles. The molecule has 19 heavy (non-hydrogen) atoms. The van der Waals surface area contributed by atoms with E-state index >= 15 is 0 Å². The fourth-order valence-electron chi connectivity index (χ4n) is 2.07. The van der Waals surface area contributed by atoms with E-state index in [4.69, 9.17) is 0 Å². The van der Waals surface area contributed by atoms with Crippen LogP contribution in [0.5, 0.6) is 0 Å². The second-order valence-corrected chi connectivity index (χ2v) is 5.95. The highest BCUT2D eigenvalue weighted by Crippen LogP contribution is 2.33. The van der Waals surface area contributed by atoms with Crippen molar-refractivity contribution >= 4 is 27.7 Å². The van der Waals surface area contributed by atoms with Crippen LogP contribution < -0.4 is 0 Å². The predicted molar refractivity (Wildman–Crippen MR) is 82.5 cm³/mol. The van der Waals surface area contributed by atoms with Gasteiger partial charge in [-0.05, 0) is 34.7 Å². The van der Waals surface area contributed by atoms with Crippen LogP contribution >= 0.6 is 27.7 Å². The zero-order chi connectivity index (χ0) is 13.8. The Morgan fingerprint density at radius 3 is 2.84 bits per heavy atom. The Morgan fingerprint density at radius 2 is 2.16 bits per heavy atom. The second kappa shape index (κ2) is 6.59. The Balaban J connectivity index is 2.43. The van der Waals surface area contributed by atoms with Gasteiger partial charge >= 0.3 is 0 Å². The number of aromatic nitrogens is 2. The smallest absolute Gasteiger partial charge is 0.123 e. The highest BCUT2D eigenvalue weighted by molar-refractivity contribution is 9.10. The lowest BCUT2D eigenvalue weighted by molar-refractivity contribution is 0.203. The maximum atomic E-state index is 10.7. The average molecular weight is 341 g/mol. The number of hydrogen-bond acceptors (Lipinski definition) is 3. The molecule has 0 fully saturated rings. The molecular formula is C14H17BrN2OS. The van der Waals surface area contributed by atoms with E-state index in [2.05, 4.69) is 28.0 Å². The van der Waals surface area contributed by atoms with Crippen molar-refractivity contribution < 1.29 is 5.11 Å². The molecule has 0 aliphatic rings. The maximum absolute atomic E-state index is 10.7. The van der Waals surface area contributed by atoms with Crippen molar-refractivity contribution in [3.05, 3.63) is 46.2 Å². The van der Waals surface area contributed by atoms with Gasteiger partial charge in [0.05, 0.1) is 16.4 Å². The highest BCUT2D eigenvalue weighted by Gasteiger charge is 2.21. The van der Waals surface area contributed by atoms with Gasteiger partial charge in [0.1, 0.15) is 6.10 Å². The van der Waals surface area contributed by atoms with Gasteiger partial charge in [-0.25, -0.2) is 0 Å². The van der Waals surface area contributed by atoms with E-state index < -0.39 is 6.10 Å². The molecule has 2 aromatic rings. The molecule has 1 atom stereocenters. The summed E-state index contributed by atoms with van der Waals surface area (Å²) in [7, 11) is 0. The molecule has 2 rings (SSSR count). The molecule has 0 bridgehead atoms. The first-order valence-corrected chi connectivity index (χ1v) is 8.23. The van der Waals surface area contributed by atoms with Crippen molar-refractivity contribution in [1.29, 1.82) is 0 Å². The third-order valence-electron chi connectivity index (χ3n) is 2.96. The first kappa shape index (κ1) is 14.6. The van der Waals surface area contributed by atoms with Crippen LogP contribution in [0.25, 0.3) is 0 Å². The van der Waals surface area contributed by atoms with Gasteiger partial charge in [0.15, 0.2) is 0 Å². The number of benzene rings is 1. The Kier molecular flexibility index (Phi) is 5.07. The Morgan fingerprint density at radius 1 is 1.42 bits per heavy atom. The molecule has 1 aromatic carbocycles. The van der Waals surface area contributed by atoms with Crippen LogP contribution in [0.4, 0.5) is 0 Å². The van der Waals surface area contributed by atoms with Crippen molar-refractivity contribution in [2.75, 3.05) is 6.26 Å². The van der Waals surface area contributed by atoms with Gasteiger partial charge < -0.3 is 5.11 Å². The van der Waals surface area contributed by atoms with Gasteiger partial charge in [0, 0.05) is 17.0 Å². The average Bonchev–Trinajstić information content (AvgIpc) is 2.79. The zero-order valence-corrected chi connectivity index (χ0v) is 13.4. The van der Waals surface area contributed by atoms with Crippen LogP contribution in [-0.2, 0) is 6.54 Å². The summed E-state index contributed by atoms with van der Waals surface area (Å²) in [6, 6.07) is 7.93. The number of rotatable bonds is 5. The number of nitrogens with zero attached hydrogens (tertiary/aromatic N) is 2. The molecule has 0 saturated heterocycles. The van der Waals surface area contributed by atoms with Crippen LogP contribution in [0, 0.1) is 0 Å². The molecule has 3 nitrogen and oxygen atoms in total. The second-order valence-electron chi connectivity index (χ2n) is 4.25. The van der Waals surface area contributed by atoms with Crippen molar-refractivity contribution in [3.8, 4) is 0 Å². The van der Waals surface area contributed by atoms with Gasteiger partial charge in [-0.15, -0.1) is 11.8 Å². The summed E-state index contributed by atoms with van der Waals surface area (Å²) in [5, 5.41) is 15.0. The summed E-state index contributed by atoms with van der Waals surface area (Å²) >= 11 is 5.12. The molecule has 0 radical (unpaired) electrons. The molecule has 0 aliphatic heterocycles. The zero-order valence-electron chi connectivity index (χ0n) is 11.0. The van der Waals surface area contributed by atoms with E-state index in [0.717, 1.165) is 33.6 Å². The largest absolute Gasteiger partial charge is 0.382 e. The lowest BCUT2D eigenvalue weighted by Gasteiger charge is -2.16. The predicted octanol–water partition coefficient (Wildman–Crippen LogP) is 3.86. The van der Waals surface area contributed by atoms with E-state index in [9.17, 15) is 5.11 Å². The van der Waals surface area contributed by atoms with Gasteiger partial charge in [0.25, 0.3) is 0 Å². The number of halogens is 1. The number of aliphatic hydroxyl groups excluding tert-OH is 1. The molecule has 1 aromatic heterocycles. The minimum Gasteiger partial charge on any atom is -0.382 e. The molecule has 5 heteroatoms. The molecule has 0 spiro atoms. The first-order valence-electron chi connectivity index (χ1n) is 6.21. The quantitative estimate of drug-likeness (QED) is 0.840. The summed E-state index contributed by atoms with van der Waals surface area (Å²) in [6.45, 7) is 2.90. The van der Waals surface area contributed by atoms with E-state index in [-0.39, 0.29) is 0 Å². The minimum absolute atomic E-state index is 0.660. The van der Waals surface area contributed by atoms with Gasteiger partial charge in [-0.1, -0.05) is 25.1 Å².